The van der Waals surface area contributed by atoms with Gasteiger partial charge in [-0.05, 0) is 42.3 Å². The molecule has 20 heavy (non-hydrogen) atoms. The van der Waals surface area contributed by atoms with Crippen LogP contribution >= 0.6 is 11.6 Å². The van der Waals surface area contributed by atoms with Gasteiger partial charge in [0.2, 0.25) is 0 Å². The van der Waals surface area contributed by atoms with Crippen molar-refractivity contribution in [2.75, 3.05) is 10.5 Å². The molecule has 6 heteroatoms. The molecule has 0 saturated carbocycles. The highest BCUT2D eigenvalue weighted by molar-refractivity contribution is 7.92. The Hall–Kier alpha value is -1.72. The van der Waals surface area contributed by atoms with E-state index in [0.717, 1.165) is 12.0 Å². The highest BCUT2D eigenvalue weighted by Crippen LogP contribution is 2.25. The zero-order chi connectivity index (χ0) is 14.8. The number of aryl methyl sites for hydroxylation is 1. The molecular weight excluding hydrogens is 296 g/mol. The Morgan fingerprint density at radius 3 is 2.40 bits per heavy atom. The van der Waals surface area contributed by atoms with Gasteiger partial charge in [0.25, 0.3) is 10.0 Å². The van der Waals surface area contributed by atoms with Crippen LogP contribution in [0, 0.1) is 0 Å². The van der Waals surface area contributed by atoms with Crippen LogP contribution in [0.1, 0.15) is 12.5 Å². The summed E-state index contributed by atoms with van der Waals surface area (Å²) in [7, 11) is -3.75. The first-order valence-corrected chi connectivity index (χ1v) is 7.95. The SMILES string of the molecule is CCc1ccc(NS(=O)(=O)c2cc(Cl)ccc2N)cc1. The Bertz CT molecular complexity index is 712. The normalized spacial score (nSPS) is 11.3. The lowest BCUT2D eigenvalue weighted by atomic mass is 10.2. The molecule has 2 aromatic carbocycles. The molecule has 0 spiro atoms. The van der Waals surface area contributed by atoms with Gasteiger partial charge in [0.05, 0.1) is 5.69 Å². The average molecular weight is 311 g/mol. The number of halogens is 1. The van der Waals surface area contributed by atoms with Crippen LogP contribution in [0.25, 0.3) is 0 Å². The van der Waals surface area contributed by atoms with Crippen LogP contribution in [0.2, 0.25) is 5.02 Å². The molecule has 2 rings (SSSR count). The number of nitrogens with two attached hydrogens (primary N) is 1. The summed E-state index contributed by atoms with van der Waals surface area (Å²) < 4.78 is 27.0. The van der Waals surface area contributed by atoms with Gasteiger partial charge in [0, 0.05) is 10.7 Å². The fourth-order valence-electron chi connectivity index (χ4n) is 1.76. The van der Waals surface area contributed by atoms with E-state index >= 15 is 0 Å². The van der Waals surface area contributed by atoms with Gasteiger partial charge in [-0.15, -0.1) is 0 Å². The van der Waals surface area contributed by atoms with E-state index in [1.54, 1.807) is 18.2 Å². The third-order valence-corrected chi connectivity index (χ3v) is 4.55. The zero-order valence-corrected chi connectivity index (χ0v) is 12.5. The first-order chi connectivity index (χ1) is 9.42. The molecule has 0 aromatic heterocycles. The van der Waals surface area contributed by atoms with Crippen molar-refractivity contribution >= 4 is 33.0 Å². The van der Waals surface area contributed by atoms with E-state index in [1.807, 2.05) is 19.1 Å². The predicted molar refractivity (Wildman–Crippen MR) is 82.5 cm³/mol. The van der Waals surface area contributed by atoms with Crippen molar-refractivity contribution in [3.63, 3.8) is 0 Å². The summed E-state index contributed by atoms with van der Waals surface area (Å²) in [5.41, 5.74) is 7.48. The monoisotopic (exact) mass is 310 g/mol. The lowest BCUT2D eigenvalue weighted by Crippen LogP contribution is -2.14. The quantitative estimate of drug-likeness (QED) is 0.851. The lowest BCUT2D eigenvalue weighted by molar-refractivity contribution is 0.601. The minimum absolute atomic E-state index is 0.0235. The molecule has 0 atom stereocenters. The van der Waals surface area contributed by atoms with E-state index in [0.29, 0.717) is 10.7 Å². The molecule has 0 aliphatic heterocycles. The molecule has 3 N–H and O–H groups in total. The van der Waals surface area contributed by atoms with Gasteiger partial charge >= 0.3 is 0 Å². The maximum Gasteiger partial charge on any atom is 0.263 e. The standard InChI is InChI=1S/C14H15ClN2O2S/c1-2-10-3-6-12(7-4-10)17-20(18,19)14-9-11(15)5-8-13(14)16/h3-9,17H,2,16H2,1H3. The number of rotatable bonds is 4. The van der Waals surface area contributed by atoms with E-state index in [9.17, 15) is 8.42 Å². The van der Waals surface area contributed by atoms with Crippen molar-refractivity contribution in [1.29, 1.82) is 0 Å². The average Bonchev–Trinajstić information content (AvgIpc) is 2.42. The topological polar surface area (TPSA) is 72.2 Å². The molecule has 2 aromatic rings. The highest BCUT2D eigenvalue weighted by Gasteiger charge is 2.18. The second kappa shape index (κ2) is 5.73. The molecule has 0 radical (unpaired) electrons. The number of hydrogen-bond acceptors (Lipinski definition) is 3. The lowest BCUT2D eigenvalue weighted by Gasteiger charge is -2.11. The van der Waals surface area contributed by atoms with Gasteiger partial charge < -0.3 is 5.73 Å². The Balaban J connectivity index is 2.32. The highest BCUT2D eigenvalue weighted by atomic mass is 35.5. The molecule has 4 nitrogen and oxygen atoms in total. The van der Waals surface area contributed by atoms with Crippen LogP contribution in [0.4, 0.5) is 11.4 Å². The van der Waals surface area contributed by atoms with Crippen molar-refractivity contribution in [3.8, 4) is 0 Å². The summed E-state index contributed by atoms with van der Waals surface area (Å²) in [6, 6.07) is 11.5. The maximum absolute atomic E-state index is 12.3. The first-order valence-electron chi connectivity index (χ1n) is 6.09. The largest absolute Gasteiger partial charge is 0.398 e. The molecule has 0 amide bonds. The third kappa shape index (κ3) is 3.23. The van der Waals surface area contributed by atoms with E-state index in [2.05, 4.69) is 4.72 Å². The second-order valence-corrected chi connectivity index (χ2v) is 6.43. The van der Waals surface area contributed by atoms with Gasteiger partial charge in [-0.3, -0.25) is 4.72 Å². The van der Waals surface area contributed by atoms with E-state index in [-0.39, 0.29) is 10.6 Å². The Morgan fingerprint density at radius 1 is 1.15 bits per heavy atom. The summed E-state index contributed by atoms with van der Waals surface area (Å²) in [5.74, 6) is 0. The fourth-order valence-corrected chi connectivity index (χ4v) is 3.21. The minimum atomic E-state index is -3.75. The summed E-state index contributed by atoms with van der Waals surface area (Å²) in [6.45, 7) is 2.03. The number of hydrogen-bond donors (Lipinski definition) is 2. The van der Waals surface area contributed by atoms with Gasteiger partial charge in [0.1, 0.15) is 4.90 Å². The number of nitrogen functional groups attached to an aromatic ring is 1. The van der Waals surface area contributed by atoms with Crippen molar-refractivity contribution in [3.05, 3.63) is 53.1 Å². The number of nitrogens with one attached hydrogen (secondary N) is 1. The van der Waals surface area contributed by atoms with Crippen molar-refractivity contribution in [2.24, 2.45) is 0 Å². The van der Waals surface area contributed by atoms with Crippen molar-refractivity contribution in [1.82, 2.24) is 0 Å². The zero-order valence-electron chi connectivity index (χ0n) is 10.9. The summed E-state index contributed by atoms with van der Waals surface area (Å²) in [5, 5.41) is 0.320. The summed E-state index contributed by atoms with van der Waals surface area (Å²) >= 11 is 5.82. The number of benzene rings is 2. The number of anilines is 2. The Kier molecular flexibility index (Phi) is 4.20. The molecular formula is C14H15ClN2O2S. The van der Waals surface area contributed by atoms with Gasteiger partial charge in [-0.25, -0.2) is 8.42 Å². The molecule has 0 unspecified atom stereocenters. The van der Waals surface area contributed by atoms with Gasteiger partial charge in [0.15, 0.2) is 0 Å². The van der Waals surface area contributed by atoms with Crippen LogP contribution in [0.15, 0.2) is 47.4 Å². The Labute approximate surface area is 123 Å². The van der Waals surface area contributed by atoms with Crippen molar-refractivity contribution in [2.45, 2.75) is 18.2 Å². The maximum atomic E-state index is 12.3. The molecule has 0 aliphatic carbocycles. The molecule has 106 valence electrons. The summed E-state index contributed by atoms with van der Waals surface area (Å²) in [6.07, 6.45) is 0.897. The fraction of sp³-hybridized carbons (Fsp3) is 0.143. The summed E-state index contributed by atoms with van der Waals surface area (Å²) in [4.78, 5) is -0.0235. The first kappa shape index (κ1) is 14.7. The van der Waals surface area contributed by atoms with Crippen LogP contribution in [0.5, 0.6) is 0 Å². The third-order valence-electron chi connectivity index (χ3n) is 2.88. The molecule has 0 saturated heterocycles. The van der Waals surface area contributed by atoms with E-state index in [4.69, 9.17) is 17.3 Å². The van der Waals surface area contributed by atoms with Gasteiger partial charge in [-0.2, -0.15) is 0 Å². The van der Waals surface area contributed by atoms with E-state index < -0.39 is 10.0 Å². The van der Waals surface area contributed by atoms with Crippen LogP contribution in [0.3, 0.4) is 0 Å². The smallest absolute Gasteiger partial charge is 0.263 e. The Morgan fingerprint density at radius 2 is 1.80 bits per heavy atom. The van der Waals surface area contributed by atoms with Gasteiger partial charge in [-0.1, -0.05) is 30.7 Å². The molecule has 0 heterocycles. The van der Waals surface area contributed by atoms with Crippen LogP contribution < -0.4 is 10.5 Å². The van der Waals surface area contributed by atoms with Crippen molar-refractivity contribution < 1.29 is 8.42 Å². The second-order valence-electron chi connectivity index (χ2n) is 4.34. The molecule has 0 fully saturated rings. The predicted octanol–water partition coefficient (Wildman–Crippen LogP) is 3.29. The van der Waals surface area contributed by atoms with Crippen LogP contribution in [-0.2, 0) is 16.4 Å². The molecule has 0 aliphatic rings. The van der Waals surface area contributed by atoms with Crippen LogP contribution in [-0.4, -0.2) is 8.42 Å². The number of sulfonamides is 1. The minimum Gasteiger partial charge on any atom is -0.398 e. The van der Waals surface area contributed by atoms with E-state index in [1.165, 1.54) is 12.1 Å². The molecule has 0 bridgehead atoms.